The molecule has 0 unspecified atom stereocenters. The van der Waals surface area contributed by atoms with Gasteiger partial charge in [0.2, 0.25) is 0 Å². The fraction of sp³-hybridized carbons (Fsp3) is 0.154. The van der Waals surface area contributed by atoms with Gasteiger partial charge in [-0.1, -0.05) is 17.7 Å². The van der Waals surface area contributed by atoms with Gasteiger partial charge in [-0.15, -0.1) is 11.3 Å². The monoisotopic (exact) mass is 265 g/mol. The number of benzene rings is 1. The van der Waals surface area contributed by atoms with Crippen LogP contribution in [0.4, 0.5) is 5.69 Å². The van der Waals surface area contributed by atoms with Gasteiger partial charge in [-0.25, -0.2) is 0 Å². The molecular formula is C13H12ClNOS. The molecule has 1 heterocycles. The number of hydrogen-bond donors (Lipinski definition) is 1. The molecule has 0 aliphatic rings. The molecule has 2 aromatic rings. The van der Waals surface area contributed by atoms with Crippen molar-refractivity contribution in [1.82, 2.24) is 0 Å². The lowest BCUT2D eigenvalue weighted by Gasteiger charge is -2.08. The van der Waals surface area contributed by atoms with Crippen LogP contribution in [0.1, 0.15) is 20.8 Å². The van der Waals surface area contributed by atoms with Crippen LogP contribution < -0.4 is 5.32 Å². The third kappa shape index (κ3) is 2.68. The van der Waals surface area contributed by atoms with E-state index in [0.29, 0.717) is 5.02 Å². The molecule has 17 heavy (non-hydrogen) atoms. The average Bonchev–Trinajstić information content (AvgIpc) is 2.70. The Kier molecular flexibility index (Phi) is 3.50. The molecule has 1 aromatic heterocycles. The van der Waals surface area contributed by atoms with Crippen molar-refractivity contribution in [1.29, 1.82) is 0 Å². The minimum atomic E-state index is -0.0807. The Bertz CT molecular complexity index is 562. The van der Waals surface area contributed by atoms with E-state index in [0.717, 1.165) is 21.7 Å². The van der Waals surface area contributed by atoms with Crippen molar-refractivity contribution in [2.24, 2.45) is 0 Å². The number of anilines is 1. The maximum atomic E-state index is 12.0. The highest BCUT2D eigenvalue weighted by molar-refractivity contribution is 7.12. The molecule has 0 bridgehead atoms. The number of halogens is 1. The Labute approximate surface area is 109 Å². The summed E-state index contributed by atoms with van der Waals surface area (Å²) in [6.45, 7) is 3.86. The van der Waals surface area contributed by atoms with Crippen LogP contribution in [-0.4, -0.2) is 5.91 Å². The number of carbonyl (C=O) groups is 1. The molecule has 2 nitrogen and oxygen atoms in total. The number of nitrogens with one attached hydrogen (secondary N) is 1. The van der Waals surface area contributed by atoms with Crippen molar-refractivity contribution >= 4 is 34.5 Å². The van der Waals surface area contributed by atoms with Gasteiger partial charge in [-0.05, 0) is 48.6 Å². The largest absolute Gasteiger partial charge is 0.321 e. The van der Waals surface area contributed by atoms with E-state index in [1.54, 1.807) is 6.07 Å². The Morgan fingerprint density at radius 1 is 1.24 bits per heavy atom. The highest BCUT2D eigenvalue weighted by Gasteiger charge is 2.11. The van der Waals surface area contributed by atoms with Crippen molar-refractivity contribution in [3.05, 3.63) is 50.7 Å². The van der Waals surface area contributed by atoms with Gasteiger partial charge in [0.1, 0.15) is 0 Å². The summed E-state index contributed by atoms with van der Waals surface area (Å²) in [5, 5.41) is 5.41. The molecular weight excluding hydrogens is 254 g/mol. The van der Waals surface area contributed by atoms with Gasteiger partial charge in [-0.2, -0.15) is 0 Å². The predicted molar refractivity (Wildman–Crippen MR) is 73.2 cm³/mol. The third-order valence-electron chi connectivity index (χ3n) is 2.52. The van der Waals surface area contributed by atoms with Gasteiger partial charge in [0, 0.05) is 10.7 Å². The summed E-state index contributed by atoms with van der Waals surface area (Å²) in [6, 6.07) is 7.39. The molecule has 0 saturated carbocycles. The third-order valence-corrected chi connectivity index (χ3v) is 3.77. The molecule has 0 atom stereocenters. The number of carbonyl (C=O) groups excluding carboxylic acids is 1. The quantitative estimate of drug-likeness (QED) is 0.863. The first-order valence-corrected chi connectivity index (χ1v) is 6.45. The molecule has 0 radical (unpaired) electrons. The number of thiophene rings is 1. The SMILES string of the molecule is Cc1ccc(Cl)cc1NC(=O)c1sccc1C. The summed E-state index contributed by atoms with van der Waals surface area (Å²) in [7, 11) is 0. The molecule has 0 fully saturated rings. The van der Waals surface area contributed by atoms with E-state index < -0.39 is 0 Å². The Balaban J connectivity index is 2.24. The molecule has 0 saturated heterocycles. The number of hydrogen-bond acceptors (Lipinski definition) is 2. The van der Waals surface area contributed by atoms with E-state index in [2.05, 4.69) is 5.32 Å². The Hall–Kier alpha value is -1.32. The van der Waals surface area contributed by atoms with Gasteiger partial charge >= 0.3 is 0 Å². The lowest BCUT2D eigenvalue weighted by molar-refractivity contribution is 0.103. The van der Waals surface area contributed by atoms with Crippen LogP contribution >= 0.6 is 22.9 Å². The molecule has 88 valence electrons. The van der Waals surface area contributed by atoms with Crippen molar-refractivity contribution in [3.8, 4) is 0 Å². The summed E-state index contributed by atoms with van der Waals surface area (Å²) < 4.78 is 0. The summed E-state index contributed by atoms with van der Waals surface area (Å²) in [4.78, 5) is 12.8. The maximum Gasteiger partial charge on any atom is 0.266 e. The van der Waals surface area contributed by atoms with Crippen LogP contribution in [0.2, 0.25) is 5.02 Å². The molecule has 1 N–H and O–H groups in total. The van der Waals surface area contributed by atoms with Gasteiger partial charge in [0.05, 0.1) is 4.88 Å². The predicted octanol–water partition coefficient (Wildman–Crippen LogP) is 4.27. The van der Waals surface area contributed by atoms with Crippen LogP contribution in [-0.2, 0) is 0 Å². The molecule has 1 aromatic carbocycles. The summed E-state index contributed by atoms with van der Waals surface area (Å²) in [6.07, 6.45) is 0. The van der Waals surface area contributed by atoms with E-state index in [-0.39, 0.29) is 5.91 Å². The lowest BCUT2D eigenvalue weighted by atomic mass is 10.2. The topological polar surface area (TPSA) is 29.1 Å². The van der Waals surface area contributed by atoms with Crippen molar-refractivity contribution in [3.63, 3.8) is 0 Å². The zero-order chi connectivity index (χ0) is 12.4. The highest BCUT2D eigenvalue weighted by atomic mass is 35.5. The van der Waals surface area contributed by atoms with Crippen LogP contribution in [0.5, 0.6) is 0 Å². The average molecular weight is 266 g/mol. The van der Waals surface area contributed by atoms with Gasteiger partial charge < -0.3 is 5.32 Å². The summed E-state index contributed by atoms with van der Waals surface area (Å²) >= 11 is 7.35. The van der Waals surface area contributed by atoms with Crippen molar-refractivity contribution in [2.75, 3.05) is 5.32 Å². The Morgan fingerprint density at radius 2 is 2.00 bits per heavy atom. The Morgan fingerprint density at radius 3 is 2.65 bits per heavy atom. The normalized spacial score (nSPS) is 10.3. The first-order chi connectivity index (χ1) is 8.08. The minimum Gasteiger partial charge on any atom is -0.321 e. The number of rotatable bonds is 2. The van der Waals surface area contributed by atoms with Crippen LogP contribution in [0.3, 0.4) is 0 Å². The maximum absolute atomic E-state index is 12.0. The van der Waals surface area contributed by atoms with E-state index >= 15 is 0 Å². The van der Waals surface area contributed by atoms with Gasteiger partial charge in [0.25, 0.3) is 5.91 Å². The molecule has 2 rings (SSSR count). The zero-order valence-electron chi connectivity index (χ0n) is 9.58. The lowest BCUT2D eigenvalue weighted by Crippen LogP contribution is -2.12. The molecule has 0 aliphatic carbocycles. The van der Waals surface area contributed by atoms with Crippen molar-refractivity contribution in [2.45, 2.75) is 13.8 Å². The molecule has 1 amide bonds. The van der Waals surface area contributed by atoms with Gasteiger partial charge in [-0.3, -0.25) is 4.79 Å². The fourth-order valence-corrected chi connectivity index (χ4v) is 2.51. The second-order valence-corrected chi connectivity index (χ2v) is 5.20. The minimum absolute atomic E-state index is 0.0807. The standard InChI is InChI=1S/C13H12ClNOS/c1-8-3-4-10(14)7-11(8)15-13(16)12-9(2)5-6-17-12/h3-7H,1-2H3,(H,15,16). The van der Waals surface area contributed by atoms with Crippen LogP contribution in [0.25, 0.3) is 0 Å². The van der Waals surface area contributed by atoms with Crippen LogP contribution in [0, 0.1) is 13.8 Å². The number of aryl methyl sites for hydroxylation is 2. The zero-order valence-corrected chi connectivity index (χ0v) is 11.2. The second-order valence-electron chi connectivity index (χ2n) is 3.85. The number of amides is 1. The molecule has 0 spiro atoms. The molecule has 4 heteroatoms. The first-order valence-electron chi connectivity index (χ1n) is 5.19. The molecule has 0 aliphatic heterocycles. The van der Waals surface area contributed by atoms with E-state index in [4.69, 9.17) is 11.6 Å². The van der Waals surface area contributed by atoms with E-state index in [1.807, 2.05) is 37.4 Å². The first kappa shape index (κ1) is 12.1. The van der Waals surface area contributed by atoms with Gasteiger partial charge in [0.15, 0.2) is 0 Å². The van der Waals surface area contributed by atoms with Crippen molar-refractivity contribution < 1.29 is 4.79 Å². The fourth-order valence-electron chi connectivity index (χ4n) is 1.51. The smallest absolute Gasteiger partial charge is 0.266 e. The summed E-state index contributed by atoms with van der Waals surface area (Å²) in [5.74, 6) is -0.0807. The van der Waals surface area contributed by atoms with Crippen LogP contribution in [0.15, 0.2) is 29.6 Å². The summed E-state index contributed by atoms with van der Waals surface area (Å²) in [5.41, 5.74) is 2.75. The second kappa shape index (κ2) is 4.90. The van der Waals surface area contributed by atoms with E-state index in [1.165, 1.54) is 11.3 Å². The van der Waals surface area contributed by atoms with E-state index in [9.17, 15) is 4.79 Å². The highest BCUT2D eigenvalue weighted by Crippen LogP contribution is 2.22.